The average Bonchev–Trinajstić information content (AvgIpc) is 3.05. The number of sulfonamides is 1. The van der Waals surface area contributed by atoms with E-state index >= 15 is 0 Å². The molecule has 0 radical (unpaired) electrons. The number of benzene rings is 1. The predicted octanol–water partition coefficient (Wildman–Crippen LogP) is 2.49. The Labute approximate surface area is 177 Å². The van der Waals surface area contributed by atoms with Gasteiger partial charge in [0.1, 0.15) is 10.5 Å². The molecule has 0 atom stereocenters. The van der Waals surface area contributed by atoms with Gasteiger partial charge in [-0.2, -0.15) is 9.40 Å². The standard InChI is InChI=1S/C18H17Cl2N5O3S/c1-12-15(17-21-6-3-7-25(17)22-12)18(26)23-8-10-24(11-9-23)29(27,28)14-5-2-4-13(19)16(14)20/h2-7H,8-11H2,1H3. The number of piperazine rings is 1. The highest BCUT2D eigenvalue weighted by molar-refractivity contribution is 7.89. The number of nitrogens with zero attached hydrogens (tertiary/aromatic N) is 5. The minimum absolute atomic E-state index is 0.000673. The third-order valence-corrected chi connectivity index (χ3v) is 7.72. The molecule has 8 nitrogen and oxygen atoms in total. The van der Waals surface area contributed by atoms with Crippen molar-refractivity contribution >= 4 is 44.8 Å². The van der Waals surface area contributed by atoms with Crippen LogP contribution in [-0.4, -0.2) is 64.3 Å². The van der Waals surface area contributed by atoms with Crippen LogP contribution in [0.4, 0.5) is 0 Å². The van der Waals surface area contributed by atoms with Crippen molar-refractivity contribution in [2.24, 2.45) is 0 Å². The van der Waals surface area contributed by atoms with Gasteiger partial charge < -0.3 is 4.90 Å². The first-order valence-electron chi connectivity index (χ1n) is 8.84. The van der Waals surface area contributed by atoms with Crippen LogP contribution in [0.2, 0.25) is 10.0 Å². The quantitative estimate of drug-likeness (QED) is 0.607. The fourth-order valence-corrected chi connectivity index (χ4v) is 5.52. The van der Waals surface area contributed by atoms with Gasteiger partial charge in [-0.25, -0.2) is 17.9 Å². The molecule has 29 heavy (non-hydrogen) atoms. The number of hydrogen-bond donors (Lipinski definition) is 0. The smallest absolute Gasteiger partial charge is 0.259 e. The Balaban J connectivity index is 1.54. The Bertz CT molecular complexity index is 1200. The van der Waals surface area contributed by atoms with Crippen molar-refractivity contribution in [2.75, 3.05) is 26.2 Å². The summed E-state index contributed by atoms with van der Waals surface area (Å²) in [6, 6.07) is 6.24. The molecule has 11 heteroatoms. The van der Waals surface area contributed by atoms with Gasteiger partial charge in [-0.3, -0.25) is 4.79 Å². The Morgan fingerprint density at radius 1 is 1.10 bits per heavy atom. The van der Waals surface area contributed by atoms with Crippen LogP contribution < -0.4 is 0 Å². The Kier molecular flexibility index (Phi) is 5.24. The van der Waals surface area contributed by atoms with Crippen molar-refractivity contribution in [1.82, 2.24) is 23.8 Å². The van der Waals surface area contributed by atoms with E-state index < -0.39 is 10.0 Å². The van der Waals surface area contributed by atoms with Gasteiger partial charge in [-0.1, -0.05) is 29.3 Å². The van der Waals surface area contributed by atoms with E-state index in [0.717, 1.165) is 0 Å². The summed E-state index contributed by atoms with van der Waals surface area (Å²) in [5.41, 5.74) is 1.49. The van der Waals surface area contributed by atoms with Crippen LogP contribution in [0.5, 0.6) is 0 Å². The number of rotatable bonds is 3. The lowest BCUT2D eigenvalue weighted by Gasteiger charge is -2.34. The lowest BCUT2D eigenvalue weighted by molar-refractivity contribution is 0.0699. The topological polar surface area (TPSA) is 87.9 Å². The lowest BCUT2D eigenvalue weighted by atomic mass is 10.2. The van der Waals surface area contributed by atoms with E-state index in [2.05, 4.69) is 10.1 Å². The highest BCUT2D eigenvalue weighted by atomic mass is 35.5. The van der Waals surface area contributed by atoms with Crippen molar-refractivity contribution in [3.63, 3.8) is 0 Å². The zero-order valence-electron chi connectivity index (χ0n) is 15.4. The third kappa shape index (κ3) is 3.48. The second-order valence-electron chi connectivity index (χ2n) is 6.60. The van der Waals surface area contributed by atoms with Gasteiger partial charge in [-0.15, -0.1) is 0 Å². The molecule has 0 N–H and O–H groups in total. The number of carbonyl (C=O) groups is 1. The maximum atomic E-state index is 13.0. The number of carbonyl (C=O) groups excluding carboxylic acids is 1. The van der Waals surface area contributed by atoms with E-state index in [1.165, 1.54) is 16.4 Å². The summed E-state index contributed by atoms with van der Waals surface area (Å²) in [6.07, 6.45) is 3.33. The van der Waals surface area contributed by atoms with Gasteiger partial charge in [0.25, 0.3) is 5.91 Å². The van der Waals surface area contributed by atoms with E-state index in [1.807, 2.05) is 0 Å². The van der Waals surface area contributed by atoms with Crippen LogP contribution in [-0.2, 0) is 10.0 Å². The van der Waals surface area contributed by atoms with Crippen molar-refractivity contribution < 1.29 is 13.2 Å². The number of fused-ring (bicyclic) bond motifs is 1. The molecule has 0 aliphatic carbocycles. The normalized spacial score (nSPS) is 15.8. The van der Waals surface area contributed by atoms with Gasteiger partial charge in [0.2, 0.25) is 10.0 Å². The molecule has 3 aromatic rings. The fraction of sp³-hybridized carbons (Fsp3) is 0.278. The van der Waals surface area contributed by atoms with Crippen LogP contribution in [0.1, 0.15) is 16.1 Å². The highest BCUT2D eigenvalue weighted by Crippen LogP contribution is 2.31. The van der Waals surface area contributed by atoms with Gasteiger partial charge in [-0.05, 0) is 25.1 Å². The molecular formula is C18H17Cl2N5O3S. The number of amides is 1. The van der Waals surface area contributed by atoms with Crippen molar-refractivity contribution in [2.45, 2.75) is 11.8 Å². The van der Waals surface area contributed by atoms with Gasteiger partial charge in [0.15, 0.2) is 5.65 Å². The molecule has 152 valence electrons. The van der Waals surface area contributed by atoms with E-state index in [4.69, 9.17) is 23.2 Å². The number of halogens is 2. The minimum Gasteiger partial charge on any atom is -0.336 e. The monoisotopic (exact) mass is 453 g/mol. The molecule has 2 aromatic heterocycles. The Morgan fingerprint density at radius 3 is 2.55 bits per heavy atom. The molecule has 0 spiro atoms. The summed E-state index contributed by atoms with van der Waals surface area (Å²) >= 11 is 12.1. The lowest BCUT2D eigenvalue weighted by Crippen LogP contribution is -2.50. The Morgan fingerprint density at radius 2 is 1.83 bits per heavy atom. The van der Waals surface area contributed by atoms with Crippen molar-refractivity contribution in [1.29, 1.82) is 0 Å². The van der Waals surface area contributed by atoms with Gasteiger partial charge in [0, 0.05) is 38.6 Å². The van der Waals surface area contributed by atoms with Crippen LogP contribution in [0.3, 0.4) is 0 Å². The number of hydrogen-bond acceptors (Lipinski definition) is 5. The molecule has 0 saturated carbocycles. The molecule has 1 fully saturated rings. The number of aromatic nitrogens is 3. The minimum atomic E-state index is -3.81. The largest absolute Gasteiger partial charge is 0.336 e. The molecule has 0 bridgehead atoms. The Hall–Kier alpha value is -2.20. The molecule has 1 saturated heterocycles. The second kappa shape index (κ2) is 7.56. The van der Waals surface area contributed by atoms with E-state index in [0.29, 0.717) is 16.9 Å². The van der Waals surface area contributed by atoms with E-state index in [9.17, 15) is 13.2 Å². The van der Waals surface area contributed by atoms with Crippen LogP contribution >= 0.6 is 23.2 Å². The first kappa shape index (κ1) is 20.1. The number of aryl methyl sites for hydroxylation is 1. The SMILES string of the molecule is Cc1nn2cccnc2c1C(=O)N1CCN(S(=O)(=O)c2cccc(Cl)c2Cl)CC1. The molecule has 1 amide bonds. The third-order valence-electron chi connectivity index (χ3n) is 4.84. The zero-order chi connectivity index (χ0) is 20.8. The molecule has 1 aliphatic heterocycles. The van der Waals surface area contributed by atoms with Crippen LogP contribution in [0, 0.1) is 6.92 Å². The van der Waals surface area contributed by atoms with Gasteiger partial charge >= 0.3 is 0 Å². The molecule has 1 aliphatic rings. The van der Waals surface area contributed by atoms with E-state index in [-0.39, 0.29) is 47.0 Å². The first-order chi connectivity index (χ1) is 13.8. The maximum absolute atomic E-state index is 13.0. The summed E-state index contributed by atoms with van der Waals surface area (Å²) in [6.45, 7) is 2.56. The summed E-state index contributed by atoms with van der Waals surface area (Å²) in [4.78, 5) is 18.9. The summed E-state index contributed by atoms with van der Waals surface area (Å²) < 4.78 is 28.8. The second-order valence-corrected chi connectivity index (χ2v) is 9.29. The summed E-state index contributed by atoms with van der Waals surface area (Å²) in [7, 11) is -3.81. The fourth-order valence-electron chi connectivity index (χ4n) is 3.36. The van der Waals surface area contributed by atoms with Crippen molar-refractivity contribution in [3.05, 3.63) is 58.0 Å². The summed E-state index contributed by atoms with van der Waals surface area (Å²) in [5.74, 6) is -0.214. The first-order valence-corrected chi connectivity index (χ1v) is 11.0. The average molecular weight is 454 g/mol. The predicted molar refractivity (Wildman–Crippen MR) is 109 cm³/mol. The van der Waals surface area contributed by atoms with Crippen LogP contribution in [0.15, 0.2) is 41.6 Å². The molecule has 3 heterocycles. The highest BCUT2D eigenvalue weighted by Gasteiger charge is 2.33. The van der Waals surface area contributed by atoms with Crippen molar-refractivity contribution in [3.8, 4) is 0 Å². The van der Waals surface area contributed by atoms with Crippen LogP contribution in [0.25, 0.3) is 5.65 Å². The van der Waals surface area contributed by atoms with Gasteiger partial charge in [0.05, 0.1) is 15.7 Å². The maximum Gasteiger partial charge on any atom is 0.259 e. The molecule has 0 unspecified atom stereocenters. The van der Waals surface area contributed by atoms with E-state index in [1.54, 1.807) is 40.9 Å². The summed E-state index contributed by atoms with van der Waals surface area (Å²) in [5, 5.41) is 4.49. The zero-order valence-corrected chi connectivity index (χ0v) is 17.7. The molecule has 1 aromatic carbocycles. The molecular weight excluding hydrogens is 437 g/mol. The molecule has 4 rings (SSSR count).